The number of sulfonamides is 1. The first-order valence-electron chi connectivity index (χ1n) is 8.03. The molecule has 0 N–H and O–H groups in total. The molecule has 24 heavy (non-hydrogen) atoms. The van der Waals surface area contributed by atoms with Crippen LogP contribution in [0.25, 0.3) is 0 Å². The van der Waals surface area contributed by atoms with Crippen LogP contribution in [0.4, 0.5) is 4.39 Å². The molecule has 2 aliphatic heterocycles. The van der Waals surface area contributed by atoms with Crippen LogP contribution in [0, 0.1) is 5.82 Å². The number of hydrogen-bond donors (Lipinski definition) is 0. The second-order valence-corrected chi connectivity index (χ2v) is 7.97. The maximum absolute atomic E-state index is 13.5. The lowest BCUT2D eigenvalue weighted by Gasteiger charge is -2.42. The monoisotopic (exact) mass is 359 g/mol. The van der Waals surface area contributed by atoms with Crippen LogP contribution in [0.3, 0.4) is 0 Å². The van der Waals surface area contributed by atoms with E-state index in [0.717, 1.165) is 6.07 Å². The topological polar surface area (TPSA) is 65.1 Å². The molecule has 6 nitrogen and oxygen atoms in total. The zero-order valence-corrected chi connectivity index (χ0v) is 14.4. The molecule has 0 unspecified atom stereocenters. The fraction of sp³-hybridized carbons (Fsp3) is 0.625. The Bertz CT molecular complexity index is 683. The second-order valence-electron chi connectivity index (χ2n) is 6.11. The van der Waals surface area contributed by atoms with Crippen LogP contribution in [0.5, 0.6) is 0 Å². The van der Waals surface area contributed by atoms with Crippen LogP contribution >= 0.6 is 0 Å². The van der Waals surface area contributed by atoms with Gasteiger partial charge in [0.15, 0.2) is 0 Å². The molecule has 2 fully saturated rings. The lowest BCUT2D eigenvalue weighted by molar-refractivity contribution is -0.0315. The summed E-state index contributed by atoms with van der Waals surface area (Å²) in [4.78, 5) is -0.0444. The fourth-order valence-electron chi connectivity index (χ4n) is 3.29. The van der Waals surface area contributed by atoms with Crippen molar-refractivity contribution in [2.45, 2.75) is 29.9 Å². The van der Waals surface area contributed by atoms with Gasteiger partial charge in [0.1, 0.15) is 5.82 Å². The predicted molar refractivity (Wildman–Crippen MR) is 84.7 cm³/mol. The highest BCUT2D eigenvalue weighted by Crippen LogP contribution is 2.37. The molecule has 2 saturated heterocycles. The minimum atomic E-state index is -3.83. The van der Waals surface area contributed by atoms with Gasteiger partial charge in [0, 0.05) is 13.2 Å². The summed E-state index contributed by atoms with van der Waals surface area (Å²) < 4.78 is 57.7. The third-order valence-electron chi connectivity index (χ3n) is 4.43. The first kappa shape index (κ1) is 17.8. The number of rotatable bonds is 5. The first-order valence-corrected chi connectivity index (χ1v) is 9.47. The van der Waals surface area contributed by atoms with E-state index in [-0.39, 0.29) is 30.8 Å². The van der Waals surface area contributed by atoms with Crippen LogP contribution in [0.2, 0.25) is 0 Å². The van der Waals surface area contributed by atoms with Gasteiger partial charge in [0.05, 0.1) is 43.0 Å². The molecular formula is C16H22FNO5S. The van der Waals surface area contributed by atoms with E-state index < -0.39 is 21.4 Å². The predicted octanol–water partition coefficient (Wildman–Crippen LogP) is 1.41. The molecule has 134 valence electrons. The van der Waals surface area contributed by atoms with Crippen LogP contribution in [0.15, 0.2) is 29.2 Å². The van der Waals surface area contributed by atoms with E-state index in [9.17, 15) is 12.8 Å². The number of halogens is 1. The maximum Gasteiger partial charge on any atom is 0.243 e. The van der Waals surface area contributed by atoms with Crippen molar-refractivity contribution >= 4 is 10.0 Å². The SMILES string of the molecule is CCOC[C@H]1C[C@@]2(COCCN2S(=O)(=O)c2cccc(F)c2)CO1. The van der Waals surface area contributed by atoms with E-state index in [1.165, 1.54) is 22.5 Å². The molecule has 0 amide bonds. The van der Waals surface area contributed by atoms with Crippen molar-refractivity contribution in [2.24, 2.45) is 0 Å². The Morgan fingerprint density at radius 2 is 2.25 bits per heavy atom. The molecule has 2 aliphatic rings. The Morgan fingerprint density at radius 1 is 1.42 bits per heavy atom. The Morgan fingerprint density at radius 3 is 3.00 bits per heavy atom. The van der Waals surface area contributed by atoms with Gasteiger partial charge in [-0.2, -0.15) is 4.31 Å². The number of benzene rings is 1. The van der Waals surface area contributed by atoms with E-state index in [0.29, 0.717) is 26.2 Å². The molecule has 8 heteroatoms. The largest absolute Gasteiger partial charge is 0.379 e. The highest BCUT2D eigenvalue weighted by Gasteiger charge is 2.51. The normalized spacial score (nSPS) is 28.5. The van der Waals surface area contributed by atoms with Gasteiger partial charge in [-0.1, -0.05) is 6.07 Å². The van der Waals surface area contributed by atoms with Gasteiger partial charge < -0.3 is 14.2 Å². The Hall–Kier alpha value is -1.06. The quantitative estimate of drug-likeness (QED) is 0.795. The van der Waals surface area contributed by atoms with E-state index in [2.05, 4.69) is 0 Å². The molecule has 3 rings (SSSR count). The summed E-state index contributed by atoms with van der Waals surface area (Å²) in [6, 6.07) is 5.09. The zero-order chi connectivity index (χ0) is 17.2. The Labute approximate surface area is 141 Å². The minimum absolute atomic E-state index is 0.0444. The fourth-order valence-corrected chi connectivity index (χ4v) is 5.07. The molecule has 1 aromatic rings. The van der Waals surface area contributed by atoms with Gasteiger partial charge in [-0.25, -0.2) is 12.8 Å². The van der Waals surface area contributed by atoms with E-state index >= 15 is 0 Å². The molecule has 0 saturated carbocycles. The van der Waals surface area contributed by atoms with Crippen LogP contribution in [-0.4, -0.2) is 63.9 Å². The summed E-state index contributed by atoms with van der Waals surface area (Å²) in [5, 5.41) is 0. The van der Waals surface area contributed by atoms with E-state index in [4.69, 9.17) is 14.2 Å². The molecule has 2 atom stereocenters. The van der Waals surface area contributed by atoms with Gasteiger partial charge in [-0.3, -0.25) is 0 Å². The average molecular weight is 359 g/mol. The van der Waals surface area contributed by atoms with Crippen molar-refractivity contribution in [1.82, 2.24) is 4.31 Å². The number of ether oxygens (including phenoxy) is 3. The second kappa shape index (κ2) is 7.05. The molecular weight excluding hydrogens is 337 g/mol. The molecule has 0 radical (unpaired) electrons. The van der Waals surface area contributed by atoms with Gasteiger partial charge >= 0.3 is 0 Å². The van der Waals surface area contributed by atoms with Crippen molar-refractivity contribution in [3.8, 4) is 0 Å². The number of morpholine rings is 1. The maximum atomic E-state index is 13.5. The van der Waals surface area contributed by atoms with Crippen molar-refractivity contribution in [3.63, 3.8) is 0 Å². The first-order chi connectivity index (χ1) is 11.5. The molecule has 2 heterocycles. The molecule has 0 bridgehead atoms. The van der Waals surface area contributed by atoms with Crippen LogP contribution < -0.4 is 0 Å². The van der Waals surface area contributed by atoms with E-state index in [1.54, 1.807) is 0 Å². The lowest BCUT2D eigenvalue weighted by Crippen LogP contribution is -2.59. The van der Waals surface area contributed by atoms with E-state index in [1.807, 2.05) is 6.92 Å². The van der Waals surface area contributed by atoms with Crippen molar-refractivity contribution in [1.29, 1.82) is 0 Å². The summed E-state index contributed by atoms with van der Waals surface area (Å²) in [7, 11) is -3.83. The average Bonchev–Trinajstić information content (AvgIpc) is 2.96. The van der Waals surface area contributed by atoms with Gasteiger partial charge in [0.25, 0.3) is 0 Å². The third kappa shape index (κ3) is 3.34. The molecule has 1 aromatic carbocycles. The van der Waals surface area contributed by atoms with Crippen LogP contribution in [0.1, 0.15) is 13.3 Å². The summed E-state index contributed by atoms with van der Waals surface area (Å²) in [6.07, 6.45) is 0.332. The Balaban J connectivity index is 1.87. The standard InChI is InChI=1S/C16H22FNO5S/c1-2-21-10-14-9-16(12-23-14)11-22-7-6-18(16)24(19,20)15-5-3-4-13(17)8-15/h3-5,8,14H,2,6-7,9-12H2,1H3/t14-,16-/m1/s1. The summed E-state index contributed by atoms with van der Waals surface area (Å²) in [5.41, 5.74) is -0.759. The van der Waals surface area contributed by atoms with Gasteiger partial charge in [0.2, 0.25) is 10.0 Å². The van der Waals surface area contributed by atoms with Gasteiger partial charge in [-0.15, -0.1) is 0 Å². The molecule has 1 spiro atoms. The molecule has 0 aliphatic carbocycles. The van der Waals surface area contributed by atoms with Crippen LogP contribution in [-0.2, 0) is 24.2 Å². The molecule has 0 aromatic heterocycles. The summed E-state index contributed by atoms with van der Waals surface area (Å²) in [6.45, 7) is 3.95. The Kier molecular flexibility index (Phi) is 5.22. The van der Waals surface area contributed by atoms with Crippen molar-refractivity contribution in [3.05, 3.63) is 30.1 Å². The third-order valence-corrected chi connectivity index (χ3v) is 6.43. The minimum Gasteiger partial charge on any atom is -0.379 e. The number of hydrogen-bond acceptors (Lipinski definition) is 5. The smallest absolute Gasteiger partial charge is 0.243 e. The zero-order valence-electron chi connectivity index (χ0n) is 13.6. The van der Waals surface area contributed by atoms with Crippen molar-refractivity contribution < 1.29 is 27.0 Å². The van der Waals surface area contributed by atoms with Gasteiger partial charge in [-0.05, 0) is 31.5 Å². The summed E-state index contributed by atoms with van der Waals surface area (Å²) >= 11 is 0. The highest BCUT2D eigenvalue weighted by molar-refractivity contribution is 7.89. The lowest BCUT2D eigenvalue weighted by atomic mass is 9.96. The summed E-state index contributed by atoms with van der Waals surface area (Å²) in [5.74, 6) is -0.574. The highest BCUT2D eigenvalue weighted by atomic mass is 32.2. The number of nitrogens with zero attached hydrogens (tertiary/aromatic N) is 1. The van der Waals surface area contributed by atoms with Crippen molar-refractivity contribution in [2.75, 3.05) is 39.6 Å².